The van der Waals surface area contributed by atoms with Crippen molar-refractivity contribution in [3.05, 3.63) is 0 Å². The zero-order valence-electron chi connectivity index (χ0n) is 8.86. The zero-order chi connectivity index (χ0) is 10.3. The van der Waals surface area contributed by atoms with Crippen LogP contribution in [0, 0.1) is 5.41 Å². The molecule has 2 aliphatic rings. The van der Waals surface area contributed by atoms with Crippen LogP contribution in [0.5, 0.6) is 0 Å². The molecule has 0 aromatic rings. The van der Waals surface area contributed by atoms with Crippen LogP contribution in [0.25, 0.3) is 0 Å². The highest BCUT2D eigenvalue weighted by Crippen LogP contribution is 2.38. The number of carbonyl (C=O) groups excluding carboxylic acids is 1. The van der Waals surface area contributed by atoms with Gasteiger partial charge < -0.3 is 9.80 Å². The van der Waals surface area contributed by atoms with Gasteiger partial charge in [-0.05, 0) is 20.4 Å². The van der Waals surface area contributed by atoms with E-state index in [1.807, 2.05) is 11.8 Å². The average Bonchev–Trinajstić information content (AvgIpc) is 2.47. The van der Waals surface area contributed by atoms with Crippen LogP contribution in [0.1, 0.15) is 13.3 Å². The largest absolute Gasteiger partial charge is 0.341 e. The van der Waals surface area contributed by atoms with Gasteiger partial charge >= 0.3 is 0 Å². The van der Waals surface area contributed by atoms with Gasteiger partial charge in [-0.15, -0.1) is 0 Å². The van der Waals surface area contributed by atoms with E-state index >= 15 is 0 Å². The second kappa shape index (κ2) is 3.42. The first-order valence-electron chi connectivity index (χ1n) is 5.18. The van der Waals surface area contributed by atoms with Crippen LogP contribution in [0.4, 0.5) is 0 Å². The summed E-state index contributed by atoms with van der Waals surface area (Å²) in [5, 5.41) is -0.150. The van der Waals surface area contributed by atoms with E-state index in [4.69, 9.17) is 0 Å². The fourth-order valence-corrected chi connectivity index (χ4v) is 2.91. The van der Waals surface area contributed by atoms with Gasteiger partial charge in [0.25, 0.3) is 0 Å². The molecule has 1 spiro atoms. The van der Waals surface area contributed by atoms with Crippen molar-refractivity contribution >= 4 is 18.5 Å². The van der Waals surface area contributed by atoms with Crippen molar-refractivity contribution in [2.75, 3.05) is 33.2 Å². The Bertz CT molecular complexity index is 249. The summed E-state index contributed by atoms with van der Waals surface area (Å²) in [5.41, 5.74) is 0.424. The van der Waals surface area contributed by atoms with Crippen LogP contribution in [0.2, 0.25) is 0 Å². The molecule has 2 aliphatic heterocycles. The molecule has 4 heteroatoms. The van der Waals surface area contributed by atoms with Crippen LogP contribution in [-0.2, 0) is 4.79 Å². The molecule has 0 saturated carbocycles. The molecule has 14 heavy (non-hydrogen) atoms. The molecule has 3 nitrogen and oxygen atoms in total. The quantitative estimate of drug-likeness (QED) is 0.641. The van der Waals surface area contributed by atoms with Gasteiger partial charge in [-0.2, -0.15) is 12.6 Å². The molecule has 2 rings (SSSR count). The molecule has 0 bridgehead atoms. The third kappa shape index (κ3) is 1.65. The molecule has 1 amide bonds. The van der Waals surface area contributed by atoms with E-state index in [0.29, 0.717) is 5.41 Å². The minimum Gasteiger partial charge on any atom is -0.341 e. The lowest BCUT2D eigenvalue weighted by Crippen LogP contribution is -2.55. The lowest BCUT2D eigenvalue weighted by atomic mass is 9.79. The zero-order valence-corrected chi connectivity index (χ0v) is 9.76. The molecule has 1 atom stereocenters. The molecule has 80 valence electrons. The molecule has 2 fully saturated rings. The molecule has 0 radical (unpaired) electrons. The number of hydrogen-bond donors (Lipinski definition) is 1. The highest BCUT2D eigenvalue weighted by atomic mass is 32.1. The van der Waals surface area contributed by atoms with Gasteiger partial charge in [0.15, 0.2) is 0 Å². The highest BCUT2D eigenvalue weighted by molar-refractivity contribution is 7.81. The highest BCUT2D eigenvalue weighted by Gasteiger charge is 2.47. The van der Waals surface area contributed by atoms with Crippen molar-refractivity contribution in [1.29, 1.82) is 0 Å². The number of rotatable bonds is 1. The van der Waals surface area contributed by atoms with E-state index in [0.717, 1.165) is 26.2 Å². The number of thiol groups is 1. The van der Waals surface area contributed by atoms with Gasteiger partial charge in [0.1, 0.15) is 0 Å². The third-order valence-electron chi connectivity index (χ3n) is 3.32. The Morgan fingerprint density at radius 1 is 1.43 bits per heavy atom. The van der Waals surface area contributed by atoms with Crippen LogP contribution in [-0.4, -0.2) is 54.2 Å². The molecule has 2 heterocycles. The van der Waals surface area contributed by atoms with Gasteiger partial charge in [-0.25, -0.2) is 0 Å². The van der Waals surface area contributed by atoms with E-state index in [9.17, 15) is 4.79 Å². The lowest BCUT2D eigenvalue weighted by molar-refractivity contribution is -0.130. The van der Waals surface area contributed by atoms with E-state index in [1.54, 1.807) is 0 Å². The standard InChI is InChI=1S/C10H18N2OS/c1-8(14)9(13)12-4-3-10(7-12)5-11(2)6-10/h8,14H,3-7H2,1-2H3. The minimum atomic E-state index is -0.150. The summed E-state index contributed by atoms with van der Waals surface area (Å²) in [6.45, 7) is 6.03. The Balaban J connectivity index is 1.92. The maximum Gasteiger partial charge on any atom is 0.235 e. The second-order valence-corrected chi connectivity index (χ2v) is 5.63. The van der Waals surface area contributed by atoms with E-state index in [2.05, 4.69) is 24.6 Å². The van der Waals surface area contributed by atoms with E-state index < -0.39 is 0 Å². The number of nitrogens with zero attached hydrogens (tertiary/aromatic N) is 2. The van der Waals surface area contributed by atoms with E-state index in [-0.39, 0.29) is 11.2 Å². The molecular weight excluding hydrogens is 196 g/mol. The van der Waals surface area contributed by atoms with Gasteiger partial charge in [0, 0.05) is 31.6 Å². The molecule has 2 saturated heterocycles. The predicted octanol–water partition coefficient (Wildman–Crippen LogP) is 0.469. The number of carbonyl (C=O) groups is 1. The van der Waals surface area contributed by atoms with Crippen molar-refractivity contribution in [2.45, 2.75) is 18.6 Å². The van der Waals surface area contributed by atoms with Crippen molar-refractivity contribution in [1.82, 2.24) is 9.80 Å². The molecule has 0 N–H and O–H groups in total. The fourth-order valence-electron chi connectivity index (χ4n) is 2.74. The minimum absolute atomic E-state index is 0.150. The van der Waals surface area contributed by atoms with Crippen molar-refractivity contribution in [3.63, 3.8) is 0 Å². The summed E-state index contributed by atoms with van der Waals surface area (Å²) < 4.78 is 0. The molecular formula is C10H18N2OS. The predicted molar refractivity (Wildman–Crippen MR) is 59.6 cm³/mol. The maximum absolute atomic E-state index is 11.7. The number of amides is 1. The number of hydrogen-bond acceptors (Lipinski definition) is 3. The van der Waals surface area contributed by atoms with Crippen molar-refractivity contribution < 1.29 is 4.79 Å². The topological polar surface area (TPSA) is 23.6 Å². The first-order chi connectivity index (χ1) is 6.52. The van der Waals surface area contributed by atoms with Crippen LogP contribution < -0.4 is 0 Å². The van der Waals surface area contributed by atoms with E-state index in [1.165, 1.54) is 6.42 Å². The number of likely N-dealkylation sites (tertiary alicyclic amines) is 2. The fraction of sp³-hybridized carbons (Fsp3) is 0.900. The van der Waals surface area contributed by atoms with Gasteiger partial charge in [0.05, 0.1) is 5.25 Å². The summed E-state index contributed by atoms with van der Waals surface area (Å²) in [7, 11) is 2.14. The van der Waals surface area contributed by atoms with Gasteiger partial charge in [-0.3, -0.25) is 4.79 Å². The van der Waals surface area contributed by atoms with Crippen molar-refractivity contribution in [2.24, 2.45) is 5.41 Å². The SMILES string of the molecule is CC(S)C(=O)N1CCC2(CN(C)C2)C1. The average molecular weight is 214 g/mol. The lowest BCUT2D eigenvalue weighted by Gasteiger charge is -2.46. The summed E-state index contributed by atoms with van der Waals surface area (Å²) >= 11 is 4.19. The summed E-state index contributed by atoms with van der Waals surface area (Å²) in [6.07, 6.45) is 1.17. The van der Waals surface area contributed by atoms with Crippen molar-refractivity contribution in [3.8, 4) is 0 Å². The van der Waals surface area contributed by atoms with Gasteiger partial charge in [-0.1, -0.05) is 0 Å². The summed E-state index contributed by atoms with van der Waals surface area (Å²) in [6, 6.07) is 0. The Morgan fingerprint density at radius 2 is 2.07 bits per heavy atom. The molecule has 0 aromatic heterocycles. The summed E-state index contributed by atoms with van der Waals surface area (Å²) in [4.78, 5) is 16.0. The van der Waals surface area contributed by atoms with Crippen LogP contribution in [0.3, 0.4) is 0 Å². The monoisotopic (exact) mass is 214 g/mol. The first kappa shape index (κ1) is 10.3. The van der Waals surface area contributed by atoms with Crippen LogP contribution >= 0.6 is 12.6 Å². The molecule has 0 aliphatic carbocycles. The maximum atomic E-state index is 11.7. The first-order valence-corrected chi connectivity index (χ1v) is 5.69. The smallest absolute Gasteiger partial charge is 0.235 e. The van der Waals surface area contributed by atoms with Gasteiger partial charge in [0.2, 0.25) is 5.91 Å². The Labute approximate surface area is 90.8 Å². The third-order valence-corrected chi connectivity index (χ3v) is 3.54. The second-order valence-electron chi connectivity index (χ2n) is 4.86. The molecule has 1 unspecified atom stereocenters. The normalized spacial score (nSPS) is 27.8. The summed E-state index contributed by atoms with van der Waals surface area (Å²) in [5.74, 6) is 0.194. The Hall–Kier alpha value is -0.220. The molecule has 0 aromatic carbocycles. The Kier molecular flexibility index (Phi) is 2.52. The van der Waals surface area contributed by atoms with Crippen LogP contribution in [0.15, 0.2) is 0 Å². The Morgan fingerprint density at radius 3 is 2.57 bits per heavy atom.